The topological polar surface area (TPSA) is 62.1 Å². The molecule has 0 aliphatic carbocycles. The summed E-state index contributed by atoms with van der Waals surface area (Å²) >= 11 is 0. The van der Waals surface area contributed by atoms with Crippen LogP contribution in [0, 0.1) is 31.0 Å². The summed E-state index contributed by atoms with van der Waals surface area (Å²) in [5, 5.41) is 12.4. The van der Waals surface area contributed by atoms with Gasteiger partial charge in [0.2, 0.25) is 0 Å². The van der Waals surface area contributed by atoms with E-state index >= 15 is 0 Å². The summed E-state index contributed by atoms with van der Waals surface area (Å²) in [6.07, 6.45) is 1.82. The number of rotatable bonds is 6. The minimum absolute atomic E-state index is 0.0434. The molecular formula is C26H23FN2O2. The minimum atomic E-state index is -0.501. The highest BCUT2D eigenvalue weighted by molar-refractivity contribution is 6.09. The van der Waals surface area contributed by atoms with Crippen molar-refractivity contribution in [1.82, 2.24) is 0 Å². The molecule has 0 unspecified atom stereocenters. The van der Waals surface area contributed by atoms with Crippen molar-refractivity contribution in [2.24, 2.45) is 0 Å². The lowest BCUT2D eigenvalue weighted by atomic mass is 9.97. The molecule has 3 aromatic carbocycles. The van der Waals surface area contributed by atoms with E-state index < -0.39 is 5.91 Å². The van der Waals surface area contributed by atoms with Crippen LogP contribution < -0.4 is 10.1 Å². The third-order valence-corrected chi connectivity index (χ3v) is 5.12. The molecule has 0 heterocycles. The van der Waals surface area contributed by atoms with Gasteiger partial charge in [-0.2, -0.15) is 5.26 Å². The van der Waals surface area contributed by atoms with Gasteiger partial charge in [0.25, 0.3) is 5.91 Å². The molecule has 1 amide bonds. The first-order valence-electron chi connectivity index (χ1n) is 9.82. The minimum Gasteiger partial charge on any atom is -0.497 e. The van der Waals surface area contributed by atoms with Gasteiger partial charge in [0.05, 0.1) is 7.11 Å². The van der Waals surface area contributed by atoms with Crippen molar-refractivity contribution in [3.05, 3.63) is 99.9 Å². The maximum Gasteiger partial charge on any atom is 0.266 e. The number of halogens is 1. The lowest BCUT2D eigenvalue weighted by molar-refractivity contribution is -0.112. The standard InChI is InChI=1S/C26H23FN2O2/c1-17-8-10-23(12-18(17)2)29-26(30)22(16-28)13-19-9-11-24(31-3)15-21(19)14-20-6-4-5-7-25(20)27/h4-13,15H,14H2,1-3H3,(H,29,30)/b22-13+. The Morgan fingerprint density at radius 1 is 1.06 bits per heavy atom. The van der Waals surface area contributed by atoms with Crippen molar-refractivity contribution >= 4 is 17.7 Å². The van der Waals surface area contributed by atoms with Gasteiger partial charge < -0.3 is 10.1 Å². The average Bonchev–Trinajstić information content (AvgIpc) is 2.76. The monoisotopic (exact) mass is 414 g/mol. The molecule has 0 saturated carbocycles. The molecule has 5 heteroatoms. The van der Waals surface area contributed by atoms with Gasteiger partial charge in [-0.3, -0.25) is 4.79 Å². The summed E-state index contributed by atoms with van der Waals surface area (Å²) in [4.78, 5) is 12.7. The van der Waals surface area contributed by atoms with Crippen LogP contribution in [0.4, 0.5) is 10.1 Å². The Labute approximate surface area is 181 Å². The molecule has 1 N–H and O–H groups in total. The zero-order chi connectivity index (χ0) is 22.4. The highest BCUT2D eigenvalue weighted by Gasteiger charge is 2.13. The number of aryl methyl sites for hydroxylation is 2. The van der Waals surface area contributed by atoms with Crippen LogP contribution in [0.25, 0.3) is 6.08 Å². The Kier molecular flexibility index (Phi) is 6.84. The molecule has 0 atom stereocenters. The van der Waals surface area contributed by atoms with Gasteiger partial charge in [0.15, 0.2) is 0 Å². The number of hydrogen-bond acceptors (Lipinski definition) is 3. The maximum absolute atomic E-state index is 14.2. The summed E-state index contributed by atoms with van der Waals surface area (Å²) in [6, 6.07) is 19.4. The van der Waals surface area contributed by atoms with Crippen LogP contribution in [-0.4, -0.2) is 13.0 Å². The van der Waals surface area contributed by atoms with Crippen LogP contribution in [0.3, 0.4) is 0 Å². The molecule has 0 spiro atoms. The van der Waals surface area contributed by atoms with Crippen LogP contribution in [0.5, 0.6) is 5.75 Å². The number of benzene rings is 3. The summed E-state index contributed by atoms with van der Waals surface area (Å²) in [5.74, 6) is -0.201. The molecule has 4 nitrogen and oxygen atoms in total. The summed E-state index contributed by atoms with van der Waals surface area (Å²) in [7, 11) is 1.55. The van der Waals surface area contributed by atoms with Crippen LogP contribution in [0.15, 0.2) is 66.2 Å². The van der Waals surface area contributed by atoms with E-state index in [0.717, 1.165) is 16.7 Å². The van der Waals surface area contributed by atoms with E-state index in [-0.39, 0.29) is 11.4 Å². The zero-order valence-electron chi connectivity index (χ0n) is 17.7. The van der Waals surface area contributed by atoms with E-state index in [1.807, 2.05) is 32.0 Å². The number of carbonyl (C=O) groups excluding carboxylic acids is 1. The quantitative estimate of drug-likeness (QED) is 0.423. The predicted octanol–water partition coefficient (Wildman–Crippen LogP) is 5.59. The molecule has 0 aliphatic heterocycles. The maximum atomic E-state index is 14.2. The normalized spacial score (nSPS) is 11.0. The number of amides is 1. The molecule has 0 radical (unpaired) electrons. The first-order valence-corrected chi connectivity index (χ1v) is 9.82. The Morgan fingerprint density at radius 2 is 1.84 bits per heavy atom. The van der Waals surface area contributed by atoms with Crippen molar-refractivity contribution in [2.45, 2.75) is 20.3 Å². The SMILES string of the molecule is COc1ccc(/C=C(\C#N)C(=O)Nc2ccc(C)c(C)c2)c(Cc2ccccc2F)c1. The van der Waals surface area contributed by atoms with Crippen LogP contribution in [-0.2, 0) is 11.2 Å². The molecule has 3 aromatic rings. The lowest BCUT2D eigenvalue weighted by Gasteiger charge is -2.11. The number of nitriles is 1. The smallest absolute Gasteiger partial charge is 0.266 e. The Balaban J connectivity index is 1.93. The third-order valence-electron chi connectivity index (χ3n) is 5.12. The largest absolute Gasteiger partial charge is 0.497 e. The number of nitrogens with zero attached hydrogens (tertiary/aromatic N) is 1. The second-order valence-electron chi connectivity index (χ2n) is 7.26. The van der Waals surface area contributed by atoms with Gasteiger partial charge in [0, 0.05) is 12.1 Å². The fourth-order valence-electron chi connectivity index (χ4n) is 3.17. The van der Waals surface area contributed by atoms with Gasteiger partial charge in [-0.15, -0.1) is 0 Å². The first kappa shape index (κ1) is 21.8. The van der Waals surface area contributed by atoms with Crippen molar-refractivity contribution in [3.8, 4) is 11.8 Å². The molecule has 156 valence electrons. The Bertz CT molecular complexity index is 1190. The van der Waals surface area contributed by atoms with E-state index in [1.54, 1.807) is 49.6 Å². The fourth-order valence-corrected chi connectivity index (χ4v) is 3.17. The van der Waals surface area contributed by atoms with Crippen LogP contribution in [0.1, 0.15) is 27.8 Å². The van der Waals surface area contributed by atoms with Crippen molar-refractivity contribution in [1.29, 1.82) is 5.26 Å². The van der Waals surface area contributed by atoms with Gasteiger partial charge in [-0.25, -0.2) is 4.39 Å². The summed E-state index contributed by atoms with van der Waals surface area (Å²) in [5.41, 5.74) is 4.65. The number of ether oxygens (including phenoxy) is 1. The van der Waals surface area contributed by atoms with Gasteiger partial charge >= 0.3 is 0 Å². The molecule has 0 fully saturated rings. The first-order chi connectivity index (χ1) is 14.9. The fraction of sp³-hybridized carbons (Fsp3) is 0.154. The van der Waals surface area contributed by atoms with Crippen molar-refractivity contribution in [2.75, 3.05) is 12.4 Å². The predicted molar refractivity (Wildman–Crippen MR) is 120 cm³/mol. The van der Waals surface area contributed by atoms with E-state index in [2.05, 4.69) is 5.32 Å². The van der Waals surface area contributed by atoms with E-state index in [9.17, 15) is 14.4 Å². The molecule has 0 aliphatic rings. The summed E-state index contributed by atoms with van der Waals surface area (Å²) < 4.78 is 19.5. The molecular weight excluding hydrogens is 391 g/mol. The van der Waals surface area contributed by atoms with Gasteiger partial charge in [-0.1, -0.05) is 30.3 Å². The molecule has 3 rings (SSSR count). The second kappa shape index (κ2) is 9.73. The second-order valence-corrected chi connectivity index (χ2v) is 7.26. The highest BCUT2D eigenvalue weighted by Crippen LogP contribution is 2.24. The number of hydrogen-bond donors (Lipinski definition) is 1. The number of anilines is 1. The third kappa shape index (κ3) is 5.37. The van der Waals surface area contributed by atoms with E-state index in [4.69, 9.17) is 4.74 Å². The van der Waals surface area contributed by atoms with Gasteiger partial charge in [-0.05, 0) is 78.1 Å². The Morgan fingerprint density at radius 3 is 2.52 bits per heavy atom. The van der Waals surface area contributed by atoms with Crippen LogP contribution >= 0.6 is 0 Å². The number of nitrogens with one attached hydrogen (secondary N) is 1. The Hall–Kier alpha value is -3.91. The van der Waals surface area contributed by atoms with Crippen LogP contribution in [0.2, 0.25) is 0 Å². The van der Waals surface area contributed by atoms with E-state index in [1.165, 1.54) is 12.1 Å². The average molecular weight is 414 g/mol. The molecule has 0 bridgehead atoms. The van der Waals surface area contributed by atoms with E-state index in [0.29, 0.717) is 29.0 Å². The van der Waals surface area contributed by atoms with Crippen molar-refractivity contribution < 1.29 is 13.9 Å². The molecule has 31 heavy (non-hydrogen) atoms. The molecule has 0 saturated heterocycles. The zero-order valence-corrected chi connectivity index (χ0v) is 17.7. The number of methoxy groups -OCH3 is 1. The van der Waals surface area contributed by atoms with Gasteiger partial charge in [0.1, 0.15) is 23.2 Å². The van der Waals surface area contributed by atoms with Crippen molar-refractivity contribution in [3.63, 3.8) is 0 Å². The summed E-state index contributed by atoms with van der Waals surface area (Å²) in [6.45, 7) is 3.95. The molecule has 0 aromatic heterocycles. The lowest BCUT2D eigenvalue weighted by Crippen LogP contribution is -2.13. The number of carbonyl (C=O) groups is 1. The highest BCUT2D eigenvalue weighted by atomic mass is 19.1.